The van der Waals surface area contributed by atoms with Crippen LogP contribution in [0, 0.1) is 5.41 Å². The third kappa shape index (κ3) is 1.24. The number of Topliss-reactive ketones (excluding diaryl/α,β-unsaturated/α-hetero) is 1. The quantitative estimate of drug-likeness (QED) is 0.463. The summed E-state index contributed by atoms with van der Waals surface area (Å²) < 4.78 is 5.03. The molecule has 0 spiro atoms. The predicted octanol–water partition coefficient (Wildman–Crippen LogP) is 1.31. The van der Waals surface area contributed by atoms with Crippen molar-refractivity contribution in [2.75, 3.05) is 0 Å². The van der Waals surface area contributed by atoms with Crippen molar-refractivity contribution in [3.05, 3.63) is 0 Å². The number of ketones is 1. The van der Waals surface area contributed by atoms with E-state index in [0.717, 1.165) is 6.42 Å². The van der Waals surface area contributed by atoms with E-state index in [1.807, 2.05) is 6.92 Å². The third-order valence-electron chi connectivity index (χ3n) is 2.59. The van der Waals surface area contributed by atoms with E-state index in [4.69, 9.17) is 4.74 Å². The van der Waals surface area contributed by atoms with Crippen LogP contribution in [-0.2, 0) is 14.3 Å². The van der Waals surface area contributed by atoms with Gasteiger partial charge in [-0.25, -0.2) is 0 Å². The van der Waals surface area contributed by atoms with Gasteiger partial charge in [0, 0.05) is 6.42 Å². The Morgan fingerprint density at radius 2 is 2.33 bits per heavy atom. The van der Waals surface area contributed by atoms with Crippen LogP contribution in [0.1, 0.15) is 33.6 Å². The van der Waals surface area contributed by atoms with Gasteiger partial charge in [-0.3, -0.25) is 9.59 Å². The van der Waals surface area contributed by atoms with Gasteiger partial charge in [-0.15, -0.1) is 0 Å². The maximum absolute atomic E-state index is 11.3. The average Bonchev–Trinajstić information content (AvgIpc) is 2.29. The summed E-state index contributed by atoms with van der Waals surface area (Å²) in [5, 5.41) is 0. The lowest BCUT2D eigenvalue weighted by molar-refractivity contribution is -0.151. The summed E-state index contributed by atoms with van der Waals surface area (Å²) in [7, 11) is 0. The molecule has 1 heterocycles. The van der Waals surface area contributed by atoms with Crippen molar-refractivity contribution in [1.29, 1.82) is 0 Å². The molecule has 0 bridgehead atoms. The monoisotopic (exact) mass is 170 g/mol. The number of carbonyl (C=O) groups is 2. The summed E-state index contributed by atoms with van der Waals surface area (Å²) in [5.74, 6) is -0.453. The van der Waals surface area contributed by atoms with Gasteiger partial charge in [0.15, 0.2) is 0 Å². The molecule has 0 radical (unpaired) electrons. The first-order valence-electron chi connectivity index (χ1n) is 4.23. The summed E-state index contributed by atoms with van der Waals surface area (Å²) in [6.45, 7) is 5.05. The Morgan fingerprint density at radius 1 is 1.75 bits per heavy atom. The molecule has 0 aromatic rings. The topological polar surface area (TPSA) is 43.4 Å². The van der Waals surface area contributed by atoms with Crippen LogP contribution in [-0.4, -0.2) is 17.9 Å². The Morgan fingerprint density at radius 3 is 2.58 bits per heavy atom. The Hall–Kier alpha value is -0.860. The standard InChI is InChI=1S/C9H14O3/c1-4-7-5-9(3,6(2)10)8(11)12-7/h7H,4-5H2,1-3H3/t7-,9-/m0/s1. The van der Waals surface area contributed by atoms with Crippen molar-refractivity contribution >= 4 is 11.8 Å². The average molecular weight is 170 g/mol. The summed E-state index contributed by atoms with van der Waals surface area (Å²) >= 11 is 0. The van der Waals surface area contributed by atoms with Gasteiger partial charge in [0.1, 0.15) is 17.3 Å². The molecule has 0 unspecified atom stereocenters. The van der Waals surface area contributed by atoms with Crippen LogP contribution in [0.15, 0.2) is 0 Å². The molecule has 12 heavy (non-hydrogen) atoms. The number of hydrogen-bond acceptors (Lipinski definition) is 3. The highest BCUT2D eigenvalue weighted by Crippen LogP contribution is 2.35. The summed E-state index contributed by atoms with van der Waals surface area (Å²) in [4.78, 5) is 22.4. The summed E-state index contributed by atoms with van der Waals surface area (Å²) in [6, 6.07) is 0. The first-order valence-corrected chi connectivity index (χ1v) is 4.23. The second-order valence-corrected chi connectivity index (χ2v) is 3.53. The molecule has 68 valence electrons. The largest absolute Gasteiger partial charge is 0.462 e. The second kappa shape index (κ2) is 2.88. The van der Waals surface area contributed by atoms with E-state index in [9.17, 15) is 9.59 Å². The first-order chi connectivity index (χ1) is 5.50. The zero-order valence-corrected chi connectivity index (χ0v) is 7.72. The number of ether oxygens (including phenoxy) is 1. The molecule has 0 N–H and O–H groups in total. The summed E-state index contributed by atoms with van der Waals surface area (Å²) in [6.07, 6.45) is 1.26. The van der Waals surface area contributed by atoms with Crippen molar-refractivity contribution in [2.24, 2.45) is 5.41 Å². The van der Waals surface area contributed by atoms with E-state index < -0.39 is 5.41 Å². The van der Waals surface area contributed by atoms with Crippen molar-refractivity contribution in [3.8, 4) is 0 Å². The van der Waals surface area contributed by atoms with E-state index in [1.165, 1.54) is 6.92 Å². The van der Waals surface area contributed by atoms with Crippen LogP contribution in [0.4, 0.5) is 0 Å². The minimum absolute atomic E-state index is 0.0635. The zero-order chi connectivity index (χ0) is 9.35. The minimum Gasteiger partial charge on any atom is -0.462 e. The molecular formula is C9H14O3. The third-order valence-corrected chi connectivity index (χ3v) is 2.59. The number of rotatable bonds is 2. The van der Waals surface area contributed by atoms with Crippen LogP contribution >= 0.6 is 0 Å². The van der Waals surface area contributed by atoms with Crippen LogP contribution < -0.4 is 0 Å². The lowest BCUT2D eigenvalue weighted by Crippen LogP contribution is -2.30. The van der Waals surface area contributed by atoms with Crippen LogP contribution in [0.5, 0.6) is 0 Å². The van der Waals surface area contributed by atoms with E-state index >= 15 is 0 Å². The number of cyclic esters (lactones) is 1. The van der Waals surface area contributed by atoms with Gasteiger partial charge < -0.3 is 4.74 Å². The van der Waals surface area contributed by atoms with Crippen LogP contribution in [0.2, 0.25) is 0 Å². The molecule has 3 nitrogen and oxygen atoms in total. The van der Waals surface area contributed by atoms with Crippen molar-refractivity contribution in [2.45, 2.75) is 39.7 Å². The highest BCUT2D eigenvalue weighted by Gasteiger charge is 2.48. The Balaban J connectivity index is 2.81. The Kier molecular flexibility index (Phi) is 2.22. The van der Waals surface area contributed by atoms with Crippen molar-refractivity contribution < 1.29 is 14.3 Å². The maximum atomic E-state index is 11.3. The van der Waals surface area contributed by atoms with Crippen LogP contribution in [0.3, 0.4) is 0 Å². The SMILES string of the molecule is CC[C@H]1C[C@@](C)(C(C)=O)C(=O)O1. The van der Waals surface area contributed by atoms with Gasteiger partial charge in [-0.1, -0.05) is 6.92 Å². The van der Waals surface area contributed by atoms with E-state index in [1.54, 1.807) is 6.92 Å². The normalized spacial score (nSPS) is 34.9. The van der Waals surface area contributed by atoms with Gasteiger partial charge >= 0.3 is 5.97 Å². The van der Waals surface area contributed by atoms with Gasteiger partial charge in [0.2, 0.25) is 0 Å². The van der Waals surface area contributed by atoms with E-state index in [2.05, 4.69) is 0 Å². The number of hydrogen-bond donors (Lipinski definition) is 0. The van der Waals surface area contributed by atoms with Gasteiger partial charge in [0.25, 0.3) is 0 Å². The van der Waals surface area contributed by atoms with Crippen LogP contribution in [0.25, 0.3) is 0 Å². The molecular weight excluding hydrogens is 156 g/mol. The number of carbonyl (C=O) groups excluding carboxylic acids is 2. The molecule has 0 saturated carbocycles. The predicted molar refractivity (Wildman–Crippen MR) is 43.6 cm³/mol. The van der Waals surface area contributed by atoms with Crippen molar-refractivity contribution in [3.63, 3.8) is 0 Å². The maximum Gasteiger partial charge on any atom is 0.319 e. The number of esters is 1. The molecule has 1 rings (SSSR count). The molecule has 1 fully saturated rings. The van der Waals surface area contributed by atoms with Gasteiger partial charge in [0.05, 0.1) is 0 Å². The summed E-state index contributed by atoms with van der Waals surface area (Å²) in [5.41, 5.74) is -0.874. The molecule has 0 aromatic carbocycles. The molecule has 3 heteroatoms. The molecule has 1 saturated heterocycles. The fourth-order valence-electron chi connectivity index (χ4n) is 1.38. The highest BCUT2D eigenvalue weighted by molar-refractivity contribution is 6.03. The molecule has 0 aromatic heterocycles. The first kappa shape index (κ1) is 9.23. The van der Waals surface area contributed by atoms with E-state index in [0.29, 0.717) is 6.42 Å². The fourth-order valence-corrected chi connectivity index (χ4v) is 1.38. The van der Waals surface area contributed by atoms with Gasteiger partial charge in [-0.2, -0.15) is 0 Å². The Bertz CT molecular complexity index is 222. The second-order valence-electron chi connectivity index (χ2n) is 3.53. The molecule has 2 atom stereocenters. The van der Waals surface area contributed by atoms with Crippen molar-refractivity contribution in [1.82, 2.24) is 0 Å². The lowest BCUT2D eigenvalue weighted by atomic mass is 9.83. The lowest BCUT2D eigenvalue weighted by Gasteiger charge is -2.13. The fraction of sp³-hybridized carbons (Fsp3) is 0.778. The highest BCUT2D eigenvalue weighted by atomic mass is 16.6. The van der Waals surface area contributed by atoms with Gasteiger partial charge in [-0.05, 0) is 20.3 Å². The zero-order valence-electron chi connectivity index (χ0n) is 7.72. The molecule has 0 aliphatic carbocycles. The minimum atomic E-state index is -0.874. The molecule has 1 aliphatic heterocycles. The molecule has 1 aliphatic rings. The molecule has 0 amide bonds. The van der Waals surface area contributed by atoms with E-state index in [-0.39, 0.29) is 17.9 Å². The smallest absolute Gasteiger partial charge is 0.319 e. The Labute approximate surface area is 72.1 Å².